The Bertz CT molecular complexity index is 1800. The summed E-state index contributed by atoms with van der Waals surface area (Å²) in [5.41, 5.74) is 9.20. The highest BCUT2D eigenvalue weighted by atomic mass is 15.2. The van der Waals surface area contributed by atoms with Crippen LogP contribution in [0.15, 0.2) is 104 Å². The van der Waals surface area contributed by atoms with Crippen molar-refractivity contribution in [1.82, 2.24) is 4.98 Å². The lowest BCUT2D eigenvalue weighted by Gasteiger charge is -2.28. The van der Waals surface area contributed by atoms with Crippen molar-refractivity contribution in [3.63, 3.8) is 0 Å². The highest BCUT2D eigenvalue weighted by molar-refractivity contribution is 5.98. The maximum Gasteiger partial charge on any atom is 0.146 e. The number of hydrogen-bond acceptors (Lipinski definition) is 2. The molecule has 0 amide bonds. The van der Waals surface area contributed by atoms with E-state index in [4.69, 9.17) is 4.98 Å². The van der Waals surface area contributed by atoms with Crippen molar-refractivity contribution in [3.8, 4) is 0 Å². The van der Waals surface area contributed by atoms with Gasteiger partial charge in [-0.05, 0) is 83.8 Å². The molecule has 1 heterocycles. The summed E-state index contributed by atoms with van der Waals surface area (Å²) in [6.07, 6.45) is 8.10. The van der Waals surface area contributed by atoms with Crippen molar-refractivity contribution in [2.75, 3.05) is 4.90 Å². The van der Waals surface area contributed by atoms with Crippen LogP contribution in [0.3, 0.4) is 0 Å². The third kappa shape index (κ3) is 4.27. The van der Waals surface area contributed by atoms with Gasteiger partial charge in [0.05, 0.1) is 5.35 Å². The highest BCUT2D eigenvalue weighted by Crippen LogP contribution is 2.50. The van der Waals surface area contributed by atoms with Crippen molar-refractivity contribution in [1.29, 1.82) is 0 Å². The summed E-state index contributed by atoms with van der Waals surface area (Å²) in [5.74, 6) is 0.887. The summed E-state index contributed by atoms with van der Waals surface area (Å²) in [5, 5.41) is 4.01. The zero-order valence-electron chi connectivity index (χ0n) is 23.7. The zero-order chi connectivity index (χ0) is 27.9. The highest BCUT2D eigenvalue weighted by Gasteiger charge is 2.37. The maximum atomic E-state index is 5.19. The quantitative estimate of drug-likeness (QED) is 0.251. The number of benzene rings is 3. The lowest BCUT2D eigenvalue weighted by Crippen LogP contribution is -2.30. The Balaban J connectivity index is 1.81. The van der Waals surface area contributed by atoms with Gasteiger partial charge in [0.2, 0.25) is 0 Å². The monoisotopic (exact) mass is 508 g/mol. The van der Waals surface area contributed by atoms with E-state index in [1.807, 2.05) is 25.2 Å². The molecule has 0 atom stereocenters. The number of anilines is 3. The number of pyridine rings is 1. The number of nitrogens with zero attached hydrogens (tertiary/aromatic N) is 2. The minimum Gasteiger partial charge on any atom is -0.295 e. The molecule has 194 valence electrons. The largest absolute Gasteiger partial charge is 0.295 e. The van der Waals surface area contributed by atoms with E-state index < -0.39 is 0 Å². The van der Waals surface area contributed by atoms with Crippen LogP contribution in [0.2, 0.25) is 0 Å². The van der Waals surface area contributed by atoms with Crippen LogP contribution in [0.1, 0.15) is 51.3 Å². The Morgan fingerprint density at radius 3 is 2.18 bits per heavy atom. The van der Waals surface area contributed by atoms with Gasteiger partial charge in [-0.2, -0.15) is 0 Å². The third-order valence-corrected chi connectivity index (χ3v) is 8.01. The fourth-order valence-corrected chi connectivity index (χ4v) is 5.92. The van der Waals surface area contributed by atoms with E-state index in [1.54, 1.807) is 0 Å². The van der Waals surface area contributed by atoms with Gasteiger partial charge in [-0.15, -0.1) is 0 Å². The first-order valence-corrected chi connectivity index (χ1v) is 13.5. The van der Waals surface area contributed by atoms with E-state index in [-0.39, 0.29) is 5.41 Å². The topological polar surface area (TPSA) is 16.1 Å². The van der Waals surface area contributed by atoms with Crippen molar-refractivity contribution in [2.45, 2.75) is 40.0 Å². The van der Waals surface area contributed by atoms with Gasteiger partial charge in [-0.3, -0.25) is 4.90 Å². The second-order valence-electron chi connectivity index (χ2n) is 10.6. The lowest BCUT2D eigenvalue weighted by molar-refractivity contribution is 0.660. The van der Waals surface area contributed by atoms with Crippen molar-refractivity contribution >= 4 is 51.8 Å². The Morgan fingerprint density at radius 1 is 0.872 bits per heavy atom. The smallest absolute Gasteiger partial charge is 0.146 e. The fourth-order valence-electron chi connectivity index (χ4n) is 5.92. The molecule has 0 bridgehead atoms. The summed E-state index contributed by atoms with van der Waals surface area (Å²) in [4.78, 5) is 7.46. The number of hydrogen-bond donors (Lipinski definition) is 0. The van der Waals surface area contributed by atoms with Gasteiger partial charge in [0.25, 0.3) is 0 Å². The van der Waals surface area contributed by atoms with Gasteiger partial charge in [0.15, 0.2) is 0 Å². The molecule has 2 heteroatoms. The number of allylic oxidation sites excluding steroid dienone is 6. The molecule has 0 radical (unpaired) electrons. The molecule has 2 nitrogen and oxygen atoms in total. The zero-order valence-corrected chi connectivity index (χ0v) is 23.7. The summed E-state index contributed by atoms with van der Waals surface area (Å²) < 4.78 is 0. The van der Waals surface area contributed by atoms with E-state index >= 15 is 0 Å². The van der Waals surface area contributed by atoms with Gasteiger partial charge in [-0.25, -0.2) is 4.98 Å². The average Bonchev–Trinajstić information content (AvgIpc) is 3.14. The summed E-state index contributed by atoms with van der Waals surface area (Å²) in [6, 6.07) is 23.8. The van der Waals surface area contributed by atoms with Crippen LogP contribution >= 0.6 is 0 Å². The summed E-state index contributed by atoms with van der Waals surface area (Å²) in [6.45, 7) is 23.4. The molecule has 0 saturated heterocycles. The number of fused-ring (bicyclic) bond motifs is 2. The van der Waals surface area contributed by atoms with E-state index in [1.165, 1.54) is 22.3 Å². The van der Waals surface area contributed by atoms with Crippen LogP contribution in [-0.2, 0) is 5.41 Å². The Hall–Kier alpha value is -4.43. The van der Waals surface area contributed by atoms with E-state index in [2.05, 4.69) is 125 Å². The molecular formula is C37H36N2. The summed E-state index contributed by atoms with van der Waals surface area (Å²) in [7, 11) is 0. The first kappa shape index (κ1) is 26.2. The third-order valence-electron chi connectivity index (χ3n) is 8.01. The summed E-state index contributed by atoms with van der Waals surface area (Å²) >= 11 is 0. The molecule has 0 spiro atoms. The molecule has 1 aromatic heterocycles. The molecule has 5 rings (SSSR count). The molecule has 0 N–H and O–H groups in total. The minimum absolute atomic E-state index is 0.131. The second-order valence-corrected chi connectivity index (χ2v) is 10.6. The minimum atomic E-state index is -0.131. The van der Waals surface area contributed by atoms with Crippen LogP contribution in [0.25, 0.3) is 34.6 Å². The van der Waals surface area contributed by atoms with Crippen molar-refractivity contribution < 1.29 is 0 Å². The number of rotatable bonds is 5. The van der Waals surface area contributed by atoms with Crippen LogP contribution in [-0.4, -0.2) is 4.98 Å². The van der Waals surface area contributed by atoms with E-state index in [9.17, 15) is 0 Å². The molecule has 1 aliphatic rings. The normalized spacial score (nSPS) is 16.1. The fraction of sp³-hybridized carbons (Fsp3) is 0.162. The molecule has 0 aliphatic heterocycles. The predicted molar refractivity (Wildman–Crippen MR) is 171 cm³/mol. The van der Waals surface area contributed by atoms with Crippen molar-refractivity contribution in [3.05, 3.63) is 131 Å². The van der Waals surface area contributed by atoms with Gasteiger partial charge < -0.3 is 0 Å². The van der Waals surface area contributed by atoms with Crippen LogP contribution < -0.4 is 15.5 Å². The van der Waals surface area contributed by atoms with Crippen LogP contribution in [0.4, 0.5) is 17.2 Å². The molecule has 3 aromatic carbocycles. The first-order chi connectivity index (χ1) is 18.7. The van der Waals surface area contributed by atoms with Crippen molar-refractivity contribution in [2.24, 2.45) is 0 Å². The number of aromatic nitrogens is 1. The SMILES string of the molecule is C=C/C=C(\C)c1ccc(N(c2ccc3c(c2)C(C)(C)/C(=C/C)C3=C)c2n/c(=C/C)c(=C)c3ccccc23)cc1. The molecule has 1 aliphatic carbocycles. The Labute approximate surface area is 232 Å². The molecule has 0 saturated carbocycles. The van der Waals surface area contributed by atoms with Gasteiger partial charge in [-0.1, -0.05) is 100 Å². The Kier molecular flexibility index (Phi) is 6.74. The van der Waals surface area contributed by atoms with Crippen LogP contribution in [0, 0.1) is 0 Å². The lowest BCUT2D eigenvalue weighted by atomic mass is 9.82. The Morgan fingerprint density at radius 2 is 1.54 bits per heavy atom. The van der Waals surface area contributed by atoms with Gasteiger partial charge in [0.1, 0.15) is 5.82 Å². The van der Waals surface area contributed by atoms with Gasteiger partial charge >= 0.3 is 0 Å². The van der Waals surface area contributed by atoms with Gasteiger partial charge in [0, 0.05) is 27.4 Å². The maximum absolute atomic E-state index is 5.19. The molecule has 0 unspecified atom stereocenters. The average molecular weight is 509 g/mol. The standard InChI is InChI=1S/C37H36N2/c1-9-14-24(4)27-17-19-28(20-18-27)39(36-32-16-13-12-15-30(32)26(6)35(11-3)38-36)29-21-22-31-25(5)33(10-2)37(7,8)34(31)23-29/h9-23H,1,5-6H2,2-4,7-8H3/b24-14+,33-10+,35-11+. The predicted octanol–water partition coefficient (Wildman–Crippen LogP) is 8.76. The van der Waals surface area contributed by atoms with E-state index in [0.717, 1.165) is 49.7 Å². The van der Waals surface area contributed by atoms with Crippen LogP contribution in [0.5, 0.6) is 0 Å². The molecular weight excluding hydrogens is 472 g/mol. The first-order valence-electron chi connectivity index (χ1n) is 13.5. The van der Waals surface area contributed by atoms with E-state index in [0.29, 0.717) is 0 Å². The molecule has 4 aromatic rings. The molecule has 0 fully saturated rings. The molecule has 39 heavy (non-hydrogen) atoms. The second kappa shape index (κ2) is 10.0.